The Labute approximate surface area is 189 Å². The van der Waals surface area contributed by atoms with Crippen molar-refractivity contribution in [2.45, 2.75) is 26.0 Å². The van der Waals surface area contributed by atoms with Crippen molar-refractivity contribution in [3.8, 4) is 28.6 Å². The molecule has 0 unspecified atom stereocenters. The highest BCUT2D eigenvalue weighted by atomic mass is 32.2. The minimum absolute atomic E-state index is 0.0179. The molecule has 0 bridgehead atoms. The van der Waals surface area contributed by atoms with Gasteiger partial charge in [0.15, 0.2) is 17.3 Å². The molecule has 32 heavy (non-hydrogen) atoms. The van der Waals surface area contributed by atoms with E-state index in [-0.39, 0.29) is 18.3 Å². The summed E-state index contributed by atoms with van der Waals surface area (Å²) in [4.78, 5) is 12.9. The van der Waals surface area contributed by atoms with Gasteiger partial charge in [-0.15, -0.1) is 10.2 Å². The first kappa shape index (κ1) is 20.4. The van der Waals surface area contributed by atoms with Crippen molar-refractivity contribution in [1.29, 1.82) is 0 Å². The van der Waals surface area contributed by atoms with Crippen LogP contribution in [0.4, 0.5) is 0 Å². The van der Waals surface area contributed by atoms with Crippen molar-refractivity contribution in [3.63, 3.8) is 0 Å². The van der Waals surface area contributed by atoms with Gasteiger partial charge in [-0.2, -0.15) is 0 Å². The molecule has 0 atom stereocenters. The third-order valence-corrected chi connectivity index (χ3v) is 6.19. The lowest BCUT2D eigenvalue weighted by Gasteiger charge is -2.10. The van der Waals surface area contributed by atoms with E-state index in [1.54, 1.807) is 6.07 Å². The number of nitrogens with zero attached hydrogens (tertiary/aromatic N) is 3. The van der Waals surface area contributed by atoms with E-state index < -0.39 is 0 Å². The number of aromatic nitrogens is 3. The second-order valence-electron chi connectivity index (χ2n) is 7.61. The summed E-state index contributed by atoms with van der Waals surface area (Å²) in [5.74, 6) is 1.94. The maximum Gasteiger partial charge on any atom is 0.277 e. The molecular formula is C24H21N3O4S. The average molecular weight is 448 g/mol. The van der Waals surface area contributed by atoms with Gasteiger partial charge in [0.2, 0.25) is 12.7 Å². The molecule has 2 aromatic carbocycles. The Morgan fingerprint density at radius 1 is 1.00 bits per heavy atom. The molecule has 2 aromatic heterocycles. The van der Waals surface area contributed by atoms with Gasteiger partial charge in [0.05, 0.1) is 5.75 Å². The fraction of sp³-hybridized carbons (Fsp3) is 0.208. The third-order valence-electron chi connectivity index (χ3n) is 5.38. The summed E-state index contributed by atoms with van der Waals surface area (Å²) in [6, 6.07) is 15.6. The first-order chi connectivity index (χ1) is 15.5. The van der Waals surface area contributed by atoms with Gasteiger partial charge in [0, 0.05) is 28.2 Å². The maximum absolute atomic E-state index is 12.9. The Hall–Kier alpha value is -3.52. The maximum atomic E-state index is 12.9. The molecule has 1 aliphatic heterocycles. The van der Waals surface area contributed by atoms with E-state index in [0.717, 1.165) is 22.6 Å². The second-order valence-corrected chi connectivity index (χ2v) is 8.54. The molecular weight excluding hydrogens is 426 g/mol. The highest BCUT2D eigenvalue weighted by Gasteiger charge is 2.20. The number of rotatable bonds is 6. The van der Waals surface area contributed by atoms with Crippen LogP contribution in [-0.4, -0.2) is 33.1 Å². The van der Waals surface area contributed by atoms with Crippen LogP contribution in [0.3, 0.4) is 0 Å². The van der Waals surface area contributed by atoms with Crippen molar-refractivity contribution >= 4 is 17.5 Å². The van der Waals surface area contributed by atoms with Crippen LogP contribution in [0.1, 0.15) is 27.3 Å². The zero-order valence-corrected chi connectivity index (χ0v) is 18.7. The average Bonchev–Trinajstić information content (AvgIpc) is 3.51. The van der Waals surface area contributed by atoms with Crippen LogP contribution in [0.25, 0.3) is 17.1 Å². The van der Waals surface area contributed by atoms with Gasteiger partial charge < -0.3 is 18.5 Å². The van der Waals surface area contributed by atoms with E-state index in [9.17, 15) is 4.79 Å². The van der Waals surface area contributed by atoms with Gasteiger partial charge in [-0.1, -0.05) is 29.5 Å². The van der Waals surface area contributed by atoms with Gasteiger partial charge in [-0.3, -0.25) is 4.79 Å². The molecule has 5 rings (SSSR count). The fourth-order valence-electron chi connectivity index (χ4n) is 3.76. The van der Waals surface area contributed by atoms with Crippen molar-refractivity contribution in [2.24, 2.45) is 0 Å². The molecule has 0 saturated heterocycles. The standard InChI is InChI=1S/C24H21N3O4S/c1-14-4-7-18(8-5-14)27-15(2)10-19(16(27)3)20(28)12-32-24-26-25-23(31-24)17-6-9-21-22(11-17)30-13-29-21/h4-11H,12-13H2,1-3H3. The molecule has 7 nitrogen and oxygen atoms in total. The van der Waals surface area contributed by atoms with Crippen LogP contribution in [0, 0.1) is 20.8 Å². The van der Waals surface area contributed by atoms with E-state index in [1.165, 1.54) is 17.3 Å². The quantitative estimate of drug-likeness (QED) is 0.298. The van der Waals surface area contributed by atoms with Crippen LogP contribution in [-0.2, 0) is 0 Å². The first-order valence-electron chi connectivity index (χ1n) is 10.1. The molecule has 0 radical (unpaired) electrons. The van der Waals surface area contributed by atoms with Gasteiger partial charge in [-0.05, 0) is 57.2 Å². The Bertz CT molecular complexity index is 1310. The molecule has 0 saturated carbocycles. The largest absolute Gasteiger partial charge is 0.454 e. The lowest BCUT2D eigenvalue weighted by atomic mass is 10.2. The number of hydrogen-bond acceptors (Lipinski definition) is 7. The van der Waals surface area contributed by atoms with Crippen LogP contribution in [0.2, 0.25) is 0 Å². The first-order valence-corrected chi connectivity index (χ1v) is 11.1. The zero-order valence-electron chi connectivity index (χ0n) is 17.9. The highest BCUT2D eigenvalue weighted by molar-refractivity contribution is 7.99. The van der Waals surface area contributed by atoms with E-state index >= 15 is 0 Å². The predicted molar refractivity (Wildman–Crippen MR) is 121 cm³/mol. The number of hydrogen-bond donors (Lipinski definition) is 0. The summed E-state index contributed by atoms with van der Waals surface area (Å²) in [7, 11) is 0. The number of fused-ring (bicyclic) bond motifs is 1. The zero-order chi connectivity index (χ0) is 22.2. The van der Waals surface area contributed by atoms with Crippen LogP contribution in [0.15, 0.2) is 58.2 Å². The molecule has 0 N–H and O–H groups in total. The monoisotopic (exact) mass is 447 g/mol. The van der Waals surface area contributed by atoms with Crippen molar-refractivity contribution in [3.05, 3.63) is 71.0 Å². The van der Waals surface area contributed by atoms with Crippen LogP contribution in [0.5, 0.6) is 11.5 Å². The molecule has 3 heterocycles. The number of carbonyl (C=O) groups is 1. The van der Waals surface area contributed by atoms with Crippen molar-refractivity contribution in [1.82, 2.24) is 14.8 Å². The van der Waals surface area contributed by atoms with Crippen LogP contribution < -0.4 is 9.47 Å². The molecule has 0 amide bonds. The molecule has 0 spiro atoms. The molecule has 1 aliphatic rings. The summed E-state index contributed by atoms with van der Waals surface area (Å²) in [6.07, 6.45) is 0. The number of carbonyl (C=O) groups excluding carboxylic acids is 1. The number of Topliss-reactive ketones (excluding diaryl/α,β-unsaturated/α-hetero) is 1. The number of aryl methyl sites for hydroxylation is 2. The second kappa shape index (κ2) is 8.20. The van der Waals surface area contributed by atoms with E-state index in [4.69, 9.17) is 13.9 Å². The number of ketones is 1. The minimum Gasteiger partial charge on any atom is -0.454 e. The Balaban J connectivity index is 1.30. The van der Waals surface area contributed by atoms with Crippen LogP contribution >= 0.6 is 11.8 Å². The topological polar surface area (TPSA) is 79.4 Å². The smallest absolute Gasteiger partial charge is 0.277 e. The van der Waals surface area contributed by atoms with Crippen molar-refractivity contribution in [2.75, 3.05) is 12.5 Å². The van der Waals surface area contributed by atoms with E-state index in [0.29, 0.717) is 28.2 Å². The van der Waals surface area contributed by atoms with E-state index in [1.807, 2.05) is 32.0 Å². The summed E-state index contributed by atoms with van der Waals surface area (Å²) in [6.45, 7) is 6.23. The Kier molecular flexibility index (Phi) is 5.22. The van der Waals surface area contributed by atoms with Gasteiger partial charge >= 0.3 is 0 Å². The summed E-state index contributed by atoms with van der Waals surface area (Å²) in [5, 5.41) is 8.51. The molecule has 4 aromatic rings. The Morgan fingerprint density at radius 3 is 2.59 bits per heavy atom. The lowest BCUT2D eigenvalue weighted by Crippen LogP contribution is -2.05. The summed E-state index contributed by atoms with van der Waals surface area (Å²) < 4.78 is 18.6. The summed E-state index contributed by atoms with van der Waals surface area (Å²) >= 11 is 1.23. The molecule has 162 valence electrons. The SMILES string of the molecule is Cc1ccc(-n2c(C)cc(C(=O)CSc3nnc(-c4ccc5c(c4)OCO5)o3)c2C)cc1. The number of thioether (sulfide) groups is 1. The minimum atomic E-state index is 0.0179. The molecule has 0 fully saturated rings. The highest BCUT2D eigenvalue weighted by Crippen LogP contribution is 2.36. The number of benzene rings is 2. The molecule has 8 heteroatoms. The number of ether oxygens (including phenoxy) is 2. The lowest BCUT2D eigenvalue weighted by molar-refractivity contribution is 0.102. The van der Waals surface area contributed by atoms with E-state index in [2.05, 4.69) is 46.0 Å². The van der Waals surface area contributed by atoms with Crippen molar-refractivity contribution < 1.29 is 18.7 Å². The predicted octanol–water partition coefficient (Wildman–Crippen LogP) is 5.16. The normalized spacial score (nSPS) is 12.3. The molecule has 0 aliphatic carbocycles. The van der Waals surface area contributed by atoms with Gasteiger partial charge in [0.1, 0.15) is 0 Å². The fourth-order valence-corrected chi connectivity index (χ4v) is 4.40. The van der Waals surface area contributed by atoms with Gasteiger partial charge in [0.25, 0.3) is 5.22 Å². The van der Waals surface area contributed by atoms with Gasteiger partial charge in [-0.25, -0.2) is 0 Å². The summed E-state index contributed by atoms with van der Waals surface area (Å²) in [5.41, 5.74) is 5.62. The third kappa shape index (κ3) is 3.78. The Morgan fingerprint density at radius 2 is 1.78 bits per heavy atom.